The molecule has 1 aliphatic carbocycles. The van der Waals surface area contributed by atoms with Crippen molar-refractivity contribution in [2.75, 3.05) is 26.2 Å². The Morgan fingerprint density at radius 2 is 2.20 bits per heavy atom. The van der Waals surface area contributed by atoms with Crippen molar-refractivity contribution in [2.24, 2.45) is 24.8 Å². The van der Waals surface area contributed by atoms with E-state index in [2.05, 4.69) is 17.3 Å². The molecule has 0 aromatic carbocycles. The van der Waals surface area contributed by atoms with Crippen LogP contribution >= 0.6 is 0 Å². The Balaban J connectivity index is 1.26. The van der Waals surface area contributed by atoms with Crippen LogP contribution in [0.5, 0.6) is 0 Å². The van der Waals surface area contributed by atoms with Crippen LogP contribution < -0.4 is 5.32 Å². The summed E-state index contributed by atoms with van der Waals surface area (Å²) < 4.78 is 7.60. The van der Waals surface area contributed by atoms with Crippen molar-refractivity contribution < 1.29 is 14.3 Å². The molecule has 2 aliphatic heterocycles. The number of carbonyl (C=O) groups excluding carboxylic acids is 2. The molecule has 136 valence electrons. The molecule has 3 fully saturated rings. The lowest BCUT2D eigenvalue weighted by Gasteiger charge is -2.50. The van der Waals surface area contributed by atoms with Crippen molar-refractivity contribution in [1.82, 2.24) is 20.0 Å². The Kier molecular flexibility index (Phi) is 4.06. The molecule has 1 spiro atoms. The maximum atomic E-state index is 12.3. The van der Waals surface area contributed by atoms with Gasteiger partial charge in [0, 0.05) is 32.3 Å². The second kappa shape index (κ2) is 6.12. The average Bonchev–Trinajstić information content (AvgIpc) is 2.95. The third-order valence-corrected chi connectivity index (χ3v) is 6.09. The summed E-state index contributed by atoms with van der Waals surface area (Å²) in [5.41, 5.74) is 0.391. The number of rotatable bonds is 5. The lowest BCUT2D eigenvalue weighted by molar-refractivity contribution is -0.166. The van der Waals surface area contributed by atoms with Gasteiger partial charge in [0.15, 0.2) is 0 Å². The van der Waals surface area contributed by atoms with Crippen molar-refractivity contribution in [2.45, 2.75) is 31.8 Å². The monoisotopic (exact) mass is 346 g/mol. The predicted molar refractivity (Wildman–Crippen MR) is 90.8 cm³/mol. The molecule has 7 heteroatoms. The molecule has 25 heavy (non-hydrogen) atoms. The molecule has 3 atom stereocenters. The van der Waals surface area contributed by atoms with Gasteiger partial charge in [-0.25, -0.2) is 0 Å². The molecule has 0 bridgehead atoms. The van der Waals surface area contributed by atoms with Crippen LogP contribution in [0.2, 0.25) is 0 Å². The van der Waals surface area contributed by atoms with E-state index in [4.69, 9.17) is 4.74 Å². The van der Waals surface area contributed by atoms with E-state index >= 15 is 0 Å². The first kappa shape index (κ1) is 16.6. The molecule has 1 saturated carbocycles. The fourth-order valence-electron chi connectivity index (χ4n) is 4.25. The van der Waals surface area contributed by atoms with Gasteiger partial charge in [0.2, 0.25) is 5.91 Å². The Labute approximate surface area is 147 Å². The Bertz CT molecular complexity index is 680. The number of likely N-dealkylation sites (tertiary alicyclic amines) is 1. The summed E-state index contributed by atoms with van der Waals surface area (Å²) in [6.45, 7) is 4.94. The van der Waals surface area contributed by atoms with E-state index in [1.165, 1.54) is 0 Å². The zero-order chi connectivity index (χ0) is 17.6. The van der Waals surface area contributed by atoms with E-state index in [-0.39, 0.29) is 17.4 Å². The normalized spacial score (nSPS) is 29.5. The number of hydrogen-bond acceptors (Lipinski definition) is 4. The summed E-state index contributed by atoms with van der Waals surface area (Å²) in [5, 5.41) is 6.99. The van der Waals surface area contributed by atoms with Crippen molar-refractivity contribution in [3.05, 3.63) is 18.0 Å². The minimum atomic E-state index is -0.176. The predicted octanol–water partition coefficient (Wildman–Crippen LogP) is 0.813. The highest BCUT2D eigenvalue weighted by molar-refractivity contribution is 5.92. The number of nitrogens with zero attached hydrogens (tertiary/aromatic N) is 3. The van der Waals surface area contributed by atoms with Gasteiger partial charge in [-0.1, -0.05) is 6.92 Å². The van der Waals surface area contributed by atoms with Crippen LogP contribution in [0, 0.1) is 17.8 Å². The van der Waals surface area contributed by atoms with Gasteiger partial charge in [0.25, 0.3) is 5.91 Å². The second-order valence-corrected chi connectivity index (χ2v) is 7.80. The third-order valence-electron chi connectivity index (χ3n) is 6.09. The molecule has 3 heterocycles. The molecule has 7 nitrogen and oxygen atoms in total. The fraction of sp³-hybridized carbons (Fsp3) is 0.722. The average molecular weight is 346 g/mol. The van der Waals surface area contributed by atoms with Gasteiger partial charge >= 0.3 is 0 Å². The van der Waals surface area contributed by atoms with Gasteiger partial charge in [-0.05, 0) is 37.2 Å². The van der Waals surface area contributed by atoms with Gasteiger partial charge in [-0.2, -0.15) is 5.10 Å². The van der Waals surface area contributed by atoms with Crippen LogP contribution in [0.1, 0.15) is 36.7 Å². The highest BCUT2D eigenvalue weighted by Gasteiger charge is 2.56. The van der Waals surface area contributed by atoms with Crippen molar-refractivity contribution in [3.63, 3.8) is 0 Å². The van der Waals surface area contributed by atoms with Crippen molar-refractivity contribution in [1.29, 1.82) is 0 Å². The van der Waals surface area contributed by atoms with E-state index in [0.717, 1.165) is 39.0 Å². The zero-order valence-corrected chi connectivity index (χ0v) is 14.9. The van der Waals surface area contributed by atoms with Gasteiger partial charge < -0.3 is 15.0 Å². The number of aryl methyl sites for hydroxylation is 1. The van der Waals surface area contributed by atoms with Crippen LogP contribution in [-0.4, -0.2) is 58.3 Å². The number of nitrogens with one attached hydrogen (secondary N) is 1. The molecular weight excluding hydrogens is 320 g/mol. The fourth-order valence-corrected chi connectivity index (χ4v) is 4.25. The maximum Gasteiger partial charge on any atom is 0.269 e. The standard InChI is InChI=1S/C18H26N4O3/c1-12-9-14(12)17(24)22-10-18(11-22)13(5-8-25-18)3-6-19-16(23)15-4-7-20-21(15)2/h4,7,12-14H,3,5-6,8-11H2,1-2H3,(H,19,23)/t12-,13+,14-/m1/s1. The van der Waals surface area contributed by atoms with Crippen LogP contribution in [0.15, 0.2) is 12.3 Å². The van der Waals surface area contributed by atoms with E-state index in [9.17, 15) is 9.59 Å². The van der Waals surface area contributed by atoms with E-state index in [1.54, 1.807) is 24.0 Å². The quantitative estimate of drug-likeness (QED) is 0.856. The van der Waals surface area contributed by atoms with Crippen LogP contribution in [0.3, 0.4) is 0 Å². The van der Waals surface area contributed by atoms with E-state index < -0.39 is 0 Å². The smallest absolute Gasteiger partial charge is 0.269 e. The zero-order valence-electron chi connectivity index (χ0n) is 14.9. The Morgan fingerprint density at radius 1 is 1.44 bits per heavy atom. The van der Waals surface area contributed by atoms with Gasteiger partial charge in [0.05, 0.1) is 13.1 Å². The molecular formula is C18H26N4O3. The number of hydrogen-bond donors (Lipinski definition) is 1. The van der Waals surface area contributed by atoms with Crippen LogP contribution in [0.4, 0.5) is 0 Å². The summed E-state index contributed by atoms with van der Waals surface area (Å²) in [5.74, 6) is 1.40. The highest BCUT2D eigenvalue weighted by atomic mass is 16.5. The van der Waals surface area contributed by atoms with Crippen molar-refractivity contribution >= 4 is 11.8 Å². The topological polar surface area (TPSA) is 76.5 Å². The number of carbonyl (C=O) groups is 2. The molecule has 1 N–H and O–H groups in total. The SMILES string of the molecule is C[C@@H]1C[C@H]1C(=O)N1CC2(C1)OCC[C@@H]2CCNC(=O)c1ccnn1C. The molecule has 1 aromatic heterocycles. The molecule has 2 amide bonds. The Hall–Kier alpha value is -1.89. The summed E-state index contributed by atoms with van der Waals surface area (Å²) in [4.78, 5) is 26.4. The molecule has 3 aliphatic rings. The Morgan fingerprint density at radius 3 is 2.84 bits per heavy atom. The van der Waals surface area contributed by atoms with E-state index in [1.807, 2.05) is 4.90 Å². The lowest BCUT2D eigenvalue weighted by atomic mass is 9.78. The molecule has 0 unspecified atom stereocenters. The minimum absolute atomic E-state index is 0.0962. The first-order valence-electron chi connectivity index (χ1n) is 9.19. The van der Waals surface area contributed by atoms with Crippen LogP contribution in [0.25, 0.3) is 0 Å². The van der Waals surface area contributed by atoms with Gasteiger partial charge in [-0.3, -0.25) is 14.3 Å². The second-order valence-electron chi connectivity index (χ2n) is 7.80. The number of aromatic nitrogens is 2. The molecule has 1 aromatic rings. The molecule has 0 radical (unpaired) electrons. The van der Waals surface area contributed by atoms with Gasteiger partial charge in [0.1, 0.15) is 11.3 Å². The lowest BCUT2D eigenvalue weighted by Crippen LogP contribution is -2.66. The third kappa shape index (κ3) is 2.94. The summed E-state index contributed by atoms with van der Waals surface area (Å²) in [6, 6.07) is 1.71. The van der Waals surface area contributed by atoms with E-state index in [0.29, 0.717) is 30.0 Å². The first-order valence-corrected chi connectivity index (χ1v) is 9.19. The molecule has 2 saturated heterocycles. The highest BCUT2D eigenvalue weighted by Crippen LogP contribution is 2.45. The molecule has 4 rings (SSSR count). The number of amides is 2. The number of ether oxygens (including phenoxy) is 1. The maximum absolute atomic E-state index is 12.3. The first-order chi connectivity index (χ1) is 12.0. The summed E-state index contributed by atoms with van der Waals surface area (Å²) >= 11 is 0. The van der Waals surface area contributed by atoms with Gasteiger partial charge in [-0.15, -0.1) is 0 Å². The summed E-state index contributed by atoms with van der Waals surface area (Å²) in [7, 11) is 1.76. The minimum Gasteiger partial charge on any atom is -0.371 e. The largest absolute Gasteiger partial charge is 0.371 e. The van der Waals surface area contributed by atoms with Crippen LogP contribution in [-0.2, 0) is 16.6 Å². The summed E-state index contributed by atoms with van der Waals surface area (Å²) in [6.07, 6.45) is 4.54. The van der Waals surface area contributed by atoms with Crippen molar-refractivity contribution in [3.8, 4) is 0 Å².